The number of nitrogens with zero attached hydrogens (tertiary/aromatic N) is 5. The summed E-state index contributed by atoms with van der Waals surface area (Å²) >= 11 is 7.18. The molecule has 3 aromatic carbocycles. The van der Waals surface area contributed by atoms with E-state index in [-0.39, 0.29) is 12.1 Å². The highest BCUT2D eigenvalue weighted by Crippen LogP contribution is 2.45. The lowest BCUT2D eigenvalue weighted by atomic mass is 9.93. The van der Waals surface area contributed by atoms with Gasteiger partial charge in [-0.25, -0.2) is 13.4 Å². The SMILES string of the molecule is COc1nc(-c2cccc(-c3cccc(-c4cc5cc6c(c(C#N)c5o4)CC[C@H]6N4CC[C@@H](C(=O)NS(=O)(=O)C5CC5)C4)c3C)c2Cl)cnc1CN1CC[C@@H](O)C1. The second-order valence-corrected chi connectivity index (χ2v) is 18.1. The van der Waals surface area contributed by atoms with Crippen molar-refractivity contribution in [2.45, 2.75) is 69.4 Å². The summed E-state index contributed by atoms with van der Waals surface area (Å²) in [5.41, 5.74) is 8.69. The first-order valence-electron chi connectivity index (χ1n) is 19.5. The summed E-state index contributed by atoms with van der Waals surface area (Å²) in [5, 5.41) is 21.3. The van der Waals surface area contributed by atoms with E-state index in [1.54, 1.807) is 13.3 Å². The number of hydrogen-bond donors (Lipinski definition) is 2. The van der Waals surface area contributed by atoms with E-state index >= 15 is 0 Å². The number of nitriles is 1. The lowest BCUT2D eigenvalue weighted by molar-refractivity contribution is -0.122. The number of benzene rings is 3. The first-order chi connectivity index (χ1) is 27.5. The predicted octanol–water partition coefficient (Wildman–Crippen LogP) is 6.55. The van der Waals surface area contributed by atoms with Gasteiger partial charge in [-0.3, -0.25) is 24.3 Å². The molecule has 12 nitrogen and oxygen atoms in total. The maximum absolute atomic E-state index is 12.9. The molecule has 2 saturated heterocycles. The summed E-state index contributed by atoms with van der Waals surface area (Å²) in [7, 11) is -2.02. The number of halogens is 1. The number of nitrogens with one attached hydrogen (secondary N) is 1. The Kier molecular flexibility index (Phi) is 9.82. The number of sulfonamides is 1. The van der Waals surface area contributed by atoms with E-state index < -0.39 is 27.1 Å². The number of furan rings is 1. The monoisotopic (exact) mass is 806 g/mol. The highest BCUT2D eigenvalue weighted by atomic mass is 35.5. The summed E-state index contributed by atoms with van der Waals surface area (Å²) in [6.45, 7) is 5.09. The van der Waals surface area contributed by atoms with Gasteiger partial charge in [-0.1, -0.05) is 48.0 Å². The Bertz CT molecular complexity index is 2580. The van der Waals surface area contributed by atoms with Crippen LogP contribution in [0.25, 0.3) is 44.7 Å². The van der Waals surface area contributed by atoms with Crippen molar-refractivity contribution in [2.75, 3.05) is 33.3 Å². The van der Waals surface area contributed by atoms with E-state index in [1.807, 2.05) is 49.4 Å². The Balaban J connectivity index is 0.991. The van der Waals surface area contributed by atoms with Crippen molar-refractivity contribution in [3.63, 3.8) is 0 Å². The fourth-order valence-corrected chi connectivity index (χ4v) is 10.6. The average Bonchev–Trinajstić information content (AvgIpc) is 3.47. The second-order valence-electron chi connectivity index (χ2n) is 15.7. The van der Waals surface area contributed by atoms with E-state index in [9.17, 15) is 23.6 Å². The summed E-state index contributed by atoms with van der Waals surface area (Å²) in [6, 6.07) is 18.4. The number of aliphatic hydroxyl groups is 1. The molecule has 4 aliphatic rings. The van der Waals surface area contributed by atoms with Crippen molar-refractivity contribution < 1.29 is 27.5 Å². The summed E-state index contributed by atoms with van der Waals surface area (Å²) in [6.07, 6.45) is 5.43. The lowest BCUT2D eigenvalue weighted by Crippen LogP contribution is -2.38. The van der Waals surface area contributed by atoms with E-state index in [1.165, 1.54) is 0 Å². The fraction of sp³-hybridized carbons (Fsp3) is 0.395. The van der Waals surface area contributed by atoms with E-state index in [4.69, 9.17) is 30.7 Å². The van der Waals surface area contributed by atoms with Gasteiger partial charge in [0, 0.05) is 54.3 Å². The van der Waals surface area contributed by atoms with Crippen molar-refractivity contribution in [3.05, 3.63) is 87.7 Å². The molecule has 1 amide bonds. The van der Waals surface area contributed by atoms with Crippen LogP contribution in [-0.2, 0) is 27.8 Å². The minimum absolute atomic E-state index is 0.0205. The highest BCUT2D eigenvalue weighted by Gasteiger charge is 2.41. The molecule has 2 aliphatic carbocycles. The normalized spacial score (nSPS) is 21.2. The number of amides is 1. The Labute approximate surface area is 336 Å². The van der Waals surface area contributed by atoms with Gasteiger partial charge >= 0.3 is 0 Å². The van der Waals surface area contributed by atoms with E-state index in [0.717, 1.165) is 58.2 Å². The third-order valence-corrected chi connectivity index (χ3v) is 14.4. The van der Waals surface area contributed by atoms with Crippen molar-refractivity contribution in [1.29, 1.82) is 5.26 Å². The summed E-state index contributed by atoms with van der Waals surface area (Å²) in [4.78, 5) is 26.8. The molecular formula is C43H43ClN6O6S. The van der Waals surface area contributed by atoms with Crippen LogP contribution in [0.4, 0.5) is 0 Å². The Hall–Kier alpha value is -4.84. The summed E-state index contributed by atoms with van der Waals surface area (Å²) < 4.78 is 39.4. The van der Waals surface area contributed by atoms with Crippen LogP contribution in [0.2, 0.25) is 5.02 Å². The maximum Gasteiger partial charge on any atom is 0.237 e. The molecule has 2 aliphatic heterocycles. The molecule has 294 valence electrons. The van der Waals surface area contributed by atoms with Crippen LogP contribution in [0.15, 0.2) is 59.1 Å². The van der Waals surface area contributed by atoms with Crippen LogP contribution in [-0.4, -0.2) is 83.8 Å². The number of likely N-dealkylation sites (tertiary alicyclic amines) is 2. The molecule has 2 aromatic heterocycles. The highest BCUT2D eigenvalue weighted by molar-refractivity contribution is 7.90. The molecule has 1 saturated carbocycles. The third-order valence-electron chi connectivity index (χ3n) is 12.1. The number of β-amino-alcohol motifs (C(OH)–C–C–N with tert-alkyl or cyclic N) is 1. The molecule has 9 rings (SSSR count). The molecule has 0 bridgehead atoms. The molecule has 0 spiro atoms. The number of hydrogen-bond acceptors (Lipinski definition) is 11. The predicted molar refractivity (Wildman–Crippen MR) is 216 cm³/mol. The van der Waals surface area contributed by atoms with Gasteiger partial charge in [0.05, 0.1) is 46.9 Å². The minimum atomic E-state index is -3.60. The van der Waals surface area contributed by atoms with E-state index in [0.29, 0.717) is 96.6 Å². The number of aliphatic hydroxyl groups excluding tert-OH is 1. The first-order valence-corrected chi connectivity index (χ1v) is 21.4. The van der Waals surface area contributed by atoms with Gasteiger partial charge < -0.3 is 14.3 Å². The summed E-state index contributed by atoms with van der Waals surface area (Å²) in [5.74, 6) is 0.241. The number of aromatic nitrogens is 2. The Morgan fingerprint density at radius 3 is 2.56 bits per heavy atom. The number of methoxy groups -OCH3 is 1. The number of fused-ring (bicyclic) bond motifs is 2. The lowest BCUT2D eigenvalue weighted by Gasteiger charge is -2.25. The van der Waals surface area contributed by atoms with Gasteiger partial charge in [0.1, 0.15) is 17.5 Å². The molecule has 2 N–H and O–H groups in total. The van der Waals surface area contributed by atoms with Gasteiger partial charge in [-0.15, -0.1) is 0 Å². The van der Waals surface area contributed by atoms with Crippen LogP contribution in [0.3, 0.4) is 0 Å². The van der Waals surface area contributed by atoms with Crippen LogP contribution >= 0.6 is 11.6 Å². The molecule has 57 heavy (non-hydrogen) atoms. The van der Waals surface area contributed by atoms with Crippen molar-refractivity contribution in [1.82, 2.24) is 24.5 Å². The van der Waals surface area contributed by atoms with Gasteiger partial charge in [0.25, 0.3) is 0 Å². The maximum atomic E-state index is 12.9. The standard InChI is InChI=1S/C43H43ClN6O6S/c1-24-29(32-7-4-8-33(40(32)44)36-20-46-37(43(47-36)55-2)23-49-15-14-27(51)22-49)5-3-6-30(24)39-18-26-17-34-31(35(19-45)41(26)56-39)11-12-38(34)50-16-13-25(21-50)42(52)48-57(53,54)28-9-10-28/h3-8,17-18,20,25,27-28,38,51H,9-16,21-23H2,1-2H3,(H,48,52)/t25-,27-,38-/m1/s1. The molecule has 3 fully saturated rings. The Morgan fingerprint density at radius 2 is 1.82 bits per heavy atom. The molecule has 14 heteroatoms. The van der Waals surface area contributed by atoms with E-state index in [2.05, 4.69) is 26.7 Å². The molecule has 0 unspecified atom stereocenters. The minimum Gasteiger partial charge on any atom is -0.480 e. The first kappa shape index (κ1) is 37.7. The molecular weight excluding hydrogens is 764 g/mol. The smallest absolute Gasteiger partial charge is 0.237 e. The molecule has 0 radical (unpaired) electrons. The van der Waals surface area contributed by atoms with Gasteiger partial charge in [-0.2, -0.15) is 5.26 Å². The quantitative estimate of drug-likeness (QED) is 0.158. The zero-order chi connectivity index (χ0) is 39.6. The second kappa shape index (κ2) is 14.8. The zero-order valence-corrected chi connectivity index (χ0v) is 33.4. The number of carbonyl (C=O) groups is 1. The molecule has 3 atom stereocenters. The van der Waals surface area contributed by atoms with Crippen LogP contribution < -0.4 is 9.46 Å². The van der Waals surface area contributed by atoms with Crippen molar-refractivity contribution in [3.8, 4) is 45.7 Å². The van der Waals surface area contributed by atoms with Crippen molar-refractivity contribution >= 4 is 38.5 Å². The fourth-order valence-electron chi connectivity index (χ4n) is 8.95. The zero-order valence-electron chi connectivity index (χ0n) is 31.8. The number of ether oxygens (including phenoxy) is 1. The largest absolute Gasteiger partial charge is 0.480 e. The van der Waals surface area contributed by atoms with Gasteiger partial charge in [0.15, 0.2) is 5.58 Å². The topological polar surface area (TPSA) is 162 Å². The van der Waals surface area contributed by atoms with Crippen molar-refractivity contribution in [2.24, 2.45) is 5.92 Å². The number of rotatable bonds is 10. The van der Waals surface area contributed by atoms with Gasteiger partial charge in [0.2, 0.25) is 21.8 Å². The third kappa shape index (κ3) is 6.97. The van der Waals surface area contributed by atoms with Gasteiger partial charge in [-0.05, 0) is 86.4 Å². The number of carbonyl (C=O) groups excluding carboxylic acids is 1. The molecule has 5 aromatic rings. The van der Waals surface area contributed by atoms with Crippen LogP contribution in [0.1, 0.15) is 66.1 Å². The van der Waals surface area contributed by atoms with Crippen LogP contribution in [0.5, 0.6) is 5.88 Å². The molecule has 4 heterocycles. The average molecular weight is 807 g/mol. The van der Waals surface area contributed by atoms with Crippen LogP contribution in [0, 0.1) is 24.2 Å². The Morgan fingerprint density at radius 1 is 1.05 bits per heavy atom.